The molecule has 0 spiro atoms. The zero-order valence-corrected chi connectivity index (χ0v) is 10.5. The van der Waals surface area contributed by atoms with Crippen LogP contribution in [0.25, 0.3) is 0 Å². The maximum atomic E-state index is 11.8. The Bertz CT molecular complexity index is 537. The Kier molecular flexibility index (Phi) is 4.02. The molecule has 0 aliphatic carbocycles. The topological polar surface area (TPSA) is 82.9 Å². The van der Waals surface area contributed by atoms with Gasteiger partial charge in [-0.15, -0.1) is 0 Å². The van der Waals surface area contributed by atoms with E-state index < -0.39 is 11.8 Å². The number of rotatable bonds is 4. The molecule has 0 radical (unpaired) electrons. The normalized spacial score (nSPS) is 18.3. The third-order valence-corrected chi connectivity index (χ3v) is 2.75. The second-order valence-electron chi connectivity index (χ2n) is 4.04. The van der Waals surface area contributed by atoms with Gasteiger partial charge in [0, 0.05) is 0 Å². The summed E-state index contributed by atoms with van der Waals surface area (Å²) >= 11 is 0. The first kappa shape index (κ1) is 12.9. The van der Waals surface area contributed by atoms with Crippen LogP contribution in [-0.2, 0) is 9.59 Å². The number of carbonyl (C=O) groups excluding carboxylic acids is 2. The first-order valence-electron chi connectivity index (χ1n) is 5.98. The fourth-order valence-electron chi connectivity index (χ4n) is 1.74. The Morgan fingerprint density at radius 3 is 2.89 bits per heavy atom. The van der Waals surface area contributed by atoms with Gasteiger partial charge in [-0.2, -0.15) is 10.2 Å². The first-order chi connectivity index (χ1) is 9.22. The maximum absolute atomic E-state index is 11.8. The molecule has 1 aromatic carbocycles. The average Bonchev–Trinajstić information content (AvgIpc) is 2.81. The van der Waals surface area contributed by atoms with Crippen LogP contribution in [0.4, 0.5) is 0 Å². The minimum Gasteiger partial charge on any atom is -0.272 e. The summed E-state index contributed by atoms with van der Waals surface area (Å²) < 4.78 is 0. The zero-order chi connectivity index (χ0) is 13.7. The minimum absolute atomic E-state index is 0.178. The highest BCUT2D eigenvalue weighted by molar-refractivity contribution is 6.44. The lowest BCUT2D eigenvalue weighted by Gasteiger charge is -2.05. The molecule has 1 atom stereocenters. The van der Waals surface area contributed by atoms with Crippen LogP contribution in [0.2, 0.25) is 0 Å². The predicted octanol–water partition coefficient (Wildman–Crippen LogP) is 0.649. The van der Waals surface area contributed by atoms with Gasteiger partial charge in [0.15, 0.2) is 0 Å². The third-order valence-electron chi connectivity index (χ3n) is 2.75. The molecule has 6 nitrogen and oxygen atoms in total. The SMILES string of the molecule is CCC1C(=O)NN=C1C(=O)N/N=C/c1ccccc1. The van der Waals surface area contributed by atoms with E-state index in [4.69, 9.17) is 0 Å². The van der Waals surface area contributed by atoms with Crippen molar-refractivity contribution in [2.75, 3.05) is 0 Å². The van der Waals surface area contributed by atoms with Gasteiger partial charge in [-0.05, 0) is 12.0 Å². The maximum Gasteiger partial charge on any atom is 0.288 e. The van der Waals surface area contributed by atoms with Gasteiger partial charge in [0.05, 0.1) is 12.1 Å². The summed E-state index contributed by atoms with van der Waals surface area (Å²) in [6.07, 6.45) is 2.06. The van der Waals surface area contributed by atoms with Crippen molar-refractivity contribution in [3.8, 4) is 0 Å². The molecule has 98 valence electrons. The summed E-state index contributed by atoms with van der Waals surface area (Å²) in [6, 6.07) is 9.37. The molecule has 2 rings (SSSR count). The fourth-order valence-corrected chi connectivity index (χ4v) is 1.74. The van der Waals surface area contributed by atoms with Gasteiger partial charge >= 0.3 is 0 Å². The standard InChI is InChI=1S/C13H14N4O2/c1-2-10-11(15-17-12(10)18)13(19)16-14-8-9-6-4-3-5-7-9/h3-8,10H,2H2,1H3,(H,16,19)(H,17,18)/b14-8+. The van der Waals surface area contributed by atoms with Crippen LogP contribution >= 0.6 is 0 Å². The lowest BCUT2D eigenvalue weighted by molar-refractivity contribution is -0.123. The number of hydrazone groups is 2. The molecule has 19 heavy (non-hydrogen) atoms. The van der Waals surface area contributed by atoms with Crippen molar-refractivity contribution in [2.45, 2.75) is 13.3 Å². The van der Waals surface area contributed by atoms with E-state index in [9.17, 15) is 9.59 Å². The van der Waals surface area contributed by atoms with E-state index in [-0.39, 0.29) is 11.6 Å². The summed E-state index contributed by atoms with van der Waals surface area (Å²) in [4.78, 5) is 23.2. The Labute approximate surface area is 110 Å². The van der Waals surface area contributed by atoms with Gasteiger partial charge in [-0.1, -0.05) is 37.3 Å². The van der Waals surface area contributed by atoms with Crippen LogP contribution < -0.4 is 10.9 Å². The number of carbonyl (C=O) groups is 2. The van der Waals surface area contributed by atoms with E-state index in [0.29, 0.717) is 6.42 Å². The minimum atomic E-state index is -0.494. The van der Waals surface area contributed by atoms with Crippen molar-refractivity contribution in [1.29, 1.82) is 0 Å². The van der Waals surface area contributed by atoms with Crippen molar-refractivity contribution >= 4 is 23.7 Å². The first-order valence-corrected chi connectivity index (χ1v) is 5.98. The molecule has 2 amide bonds. The second kappa shape index (κ2) is 5.90. The van der Waals surface area contributed by atoms with Crippen molar-refractivity contribution in [3.05, 3.63) is 35.9 Å². The van der Waals surface area contributed by atoms with Crippen LogP contribution in [0.3, 0.4) is 0 Å². The molecule has 1 unspecified atom stereocenters. The van der Waals surface area contributed by atoms with Crippen LogP contribution in [0.5, 0.6) is 0 Å². The van der Waals surface area contributed by atoms with Crippen LogP contribution in [0.1, 0.15) is 18.9 Å². The smallest absolute Gasteiger partial charge is 0.272 e. The van der Waals surface area contributed by atoms with Crippen molar-refractivity contribution in [3.63, 3.8) is 0 Å². The summed E-state index contributed by atoms with van der Waals surface area (Å²) in [6.45, 7) is 1.83. The van der Waals surface area contributed by atoms with Crippen molar-refractivity contribution in [1.82, 2.24) is 10.9 Å². The molecule has 1 heterocycles. The van der Waals surface area contributed by atoms with Crippen LogP contribution in [0, 0.1) is 5.92 Å². The molecule has 0 saturated carbocycles. The molecular weight excluding hydrogens is 244 g/mol. The Balaban J connectivity index is 1.95. The van der Waals surface area contributed by atoms with E-state index in [0.717, 1.165) is 5.56 Å². The zero-order valence-electron chi connectivity index (χ0n) is 10.5. The van der Waals surface area contributed by atoms with E-state index in [2.05, 4.69) is 21.1 Å². The fraction of sp³-hybridized carbons (Fsp3) is 0.231. The number of nitrogens with one attached hydrogen (secondary N) is 2. The molecule has 2 N–H and O–H groups in total. The van der Waals surface area contributed by atoms with Crippen LogP contribution in [-0.4, -0.2) is 23.7 Å². The molecular formula is C13H14N4O2. The molecule has 6 heteroatoms. The van der Waals surface area contributed by atoms with Gasteiger partial charge in [-0.3, -0.25) is 9.59 Å². The molecule has 1 aromatic rings. The molecule has 0 fully saturated rings. The number of amides is 2. The van der Waals surface area contributed by atoms with Gasteiger partial charge in [0.25, 0.3) is 5.91 Å². The predicted molar refractivity (Wildman–Crippen MR) is 71.5 cm³/mol. The number of hydrogen-bond acceptors (Lipinski definition) is 4. The van der Waals surface area contributed by atoms with Gasteiger partial charge in [0.1, 0.15) is 5.71 Å². The third kappa shape index (κ3) is 3.04. The molecule has 1 aliphatic rings. The molecule has 1 aliphatic heterocycles. The largest absolute Gasteiger partial charge is 0.288 e. The monoisotopic (exact) mass is 258 g/mol. The van der Waals surface area contributed by atoms with Gasteiger partial charge < -0.3 is 0 Å². The number of hydrogen-bond donors (Lipinski definition) is 2. The average molecular weight is 258 g/mol. The lowest BCUT2D eigenvalue weighted by Crippen LogP contribution is -2.33. The Morgan fingerprint density at radius 2 is 2.21 bits per heavy atom. The van der Waals surface area contributed by atoms with E-state index >= 15 is 0 Å². The Hall–Kier alpha value is -2.50. The quantitative estimate of drug-likeness (QED) is 0.614. The summed E-state index contributed by atoms with van der Waals surface area (Å²) in [7, 11) is 0. The van der Waals surface area contributed by atoms with Crippen molar-refractivity contribution in [2.24, 2.45) is 16.1 Å². The molecule has 0 bridgehead atoms. The summed E-state index contributed by atoms with van der Waals surface area (Å²) in [5.41, 5.74) is 5.71. The van der Waals surface area contributed by atoms with Gasteiger partial charge in [0.2, 0.25) is 5.91 Å². The van der Waals surface area contributed by atoms with Crippen molar-refractivity contribution < 1.29 is 9.59 Å². The number of benzene rings is 1. The highest BCUT2D eigenvalue weighted by Crippen LogP contribution is 2.11. The second-order valence-corrected chi connectivity index (χ2v) is 4.04. The summed E-state index contributed by atoms with van der Waals surface area (Å²) in [5.74, 6) is -1.20. The van der Waals surface area contributed by atoms with E-state index in [1.54, 1.807) is 0 Å². The van der Waals surface area contributed by atoms with E-state index in [1.165, 1.54) is 6.21 Å². The summed E-state index contributed by atoms with van der Waals surface area (Å²) in [5, 5.41) is 7.56. The highest BCUT2D eigenvalue weighted by atomic mass is 16.2. The molecule has 0 saturated heterocycles. The Morgan fingerprint density at radius 1 is 1.47 bits per heavy atom. The highest BCUT2D eigenvalue weighted by Gasteiger charge is 2.32. The van der Waals surface area contributed by atoms with Crippen LogP contribution in [0.15, 0.2) is 40.5 Å². The van der Waals surface area contributed by atoms with E-state index in [1.807, 2.05) is 37.3 Å². The van der Waals surface area contributed by atoms with Gasteiger partial charge in [-0.25, -0.2) is 10.9 Å². The number of nitrogens with zero attached hydrogens (tertiary/aromatic N) is 2. The molecule has 0 aromatic heterocycles. The lowest BCUT2D eigenvalue weighted by atomic mass is 10.0.